The number of fused-ring (bicyclic) bond motifs is 1. The third-order valence-electron chi connectivity index (χ3n) is 4.56. The largest absolute Gasteiger partial charge is 0.480 e. The molecule has 3 rings (SSSR count). The molecule has 1 aromatic rings. The molecule has 0 saturated carbocycles. The Hall–Kier alpha value is -1.43. The van der Waals surface area contributed by atoms with Crippen LogP contribution in [0.2, 0.25) is 0 Å². The maximum absolute atomic E-state index is 11.5. The number of carbonyl (C=O) groups is 1. The molecule has 2 heterocycles. The van der Waals surface area contributed by atoms with Gasteiger partial charge in [0, 0.05) is 25.7 Å². The minimum Gasteiger partial charge on any atom is -0.480 e. The summed E-state index contributed by atoms with van der Waals surface area (Å²) >= 11 is 0. The summed E-state index contributed by atoms with van der Waals surface area (Å²) in [4.78, 5) is 13.5. The van der Waals surface area contributed by atoms with Crippen LogP contribution in [0.25, 0.3) is 0 Å². The number of carboxylic acids is 1. The highest BCUT2D eigenvalue weighted by Gasteiger charge is 2.38. The van der Waals surface area contributed by atoms with Crippen LogP contribution in [0.15, 0.2) is 24.3 Å². The molecule has 2 N–H and O–H groups in total. The lowest BCUT2D eigenvalue weighted by Gasteiger charge is -2.43. The number of morpholine rings is 1. The molecule has 2 aliphatic heterocycles. The number of aliphatic carboxylic acids is 1. The summed E-state index contributed by atoms with van der Waals surface area (Å²) in [5.41, 5.74) is 2.42. The van der Waals surface area contributed by atoms with Crippen LogP contribution in [0, 0.1) is 0 Å². The second kappa shape index (κ2) is 5.99. The Bertz CT molecular complexity index is 559. The average molecular weight is 304 g/mol. The highest BCUT2D eigenvalue weighted by Crippen LogP contribution is 2.23. The van der Waals surface area contributed by atoms with E-state index in [1.165, 1.54) is 11.1 Å². The molecular formula is C17H24N2O3. The molecule has 0 amide bonds. The predicted octanol–water partition coefficient (Wildman–Crippen LogP) is 1.26. The summed E-state index contributed by atoms with van der Waals surface area (Å²) in [6.45, 7) is 6.52. The Morgan fingerprint density at radius 1 is 1.41 bits per heavy atom. The van der Waals surface area contributed by atoms with E-state index >= 15 is 0 Å². The van der Waals surface area contributed by atoms with E-state index in [1.807, 2.05) is 13.8 Å². The molecule has 1 saturated heterocycles. The number of nitrogens with zero attached hydrogens (tertiary/aromatic N) is 1. The van der Waals surface area contributed by atoms with Crippen molar-refractivity contribution < 1.29 is 14.6 Å². The highest BCUT2D eigenvalue weighted by atomic mass is 16.5. The molecule has 0 radical (unpaired) electrons. The summed E-state index contributed by atoms with van der Waals surface area (Å²) in [5, 5.41) is 13.0. The number of nitrogens with one attached hydrogen (secondary N) is 1. The van der Waals surface area contributed by atoms with E-state index in [9.17, 15) is 9.90 Å². The smallest absolute Gasteiger partial charge is 0.323 e. The van der Waals surface area contributed by atoms with Crippen molar-refractivity contribution in [1.29, 1.82) is 0 Å². The quantitative estimate of drug-likeness (QED) is 0.880. The predicted molar refractivity (Wildman–Crippen MR) is 83.8 cm³/mol. The van der Waals surface area contributed by atoms with E-state index in [1.54, 1.807) is 0 Å². The van der Waals surface area contributed by atoms with Gasteiger partial charge in [0.2, 0.25) is 0 Å². The van der Waals surface area contributed by atoms with Crippen LogP contribution in [0.4, 0.5) is 0 Å². The number of benzene rings is 1. The third kappa shape index (κ3) is 3.32. The van der Waals surface area contributed by atoms with E-state index in [4.69, 9.17) is 4.74 Å². The van der Waals surface area contributed by atoms with E-state index < -0.39 is 12.0 Å². The van der Waals surface area contributed by atoms with Gasteiger partial charge >= 0.3 is 5.97 Å². The molecule has 2 aliphatic rings. The summed E-state index contributed by atoms with van der Waals surface area (Å²) in [5.74, 6) is -0.799. The number of hydrogen-bond acceptors (Lipinski definition) is 4. The van der Waals surface area contributed by atoms with E-state index in [0.29, 0.717) is 6.54 Å². The zero-order valence-corrected chi connectivity index (χ0v) is 13.2. The standard InChI is InChI=1S/C17H24N2O3/c1-17(2)11-19(15(10-22-17)16(20)21)9-14-7-12-5-3-4-6-13(12)8-18-14/h3-6,14-15,18H,7-11H2,1-2H3,(H,20,21). The molecule has 1 aromatic carbocycles. The summed E-state index contributed by atoms with van der Waals surface area (Å²) in [6.07, 6.45) is 0.945. The van der Waals surface area contributed by atoms with Crippen LogP contribution >= 0.6 is 0 Å². The molecule has 22 heavy (non-hydrogen) atoms. The molecule has 5 nitrogen and oxygen atoms in total. The van der Waals surface area contributed by atoms with E-state index in [-0.39, 0.29) is 18.2 Å². The molecular weight excluding hydrogens is 280 g/mol. The van der Waals surface area contributed by atoms with Crippen LogP contribution in [0.5, 0.6) is 0 Å². The maximum atomic E-state index is 11.5. The molecule has 2 unspecified atom stereocenters. The average Bonchev–Trinajstić information content (AvgIpc) is 2.46. The van der Waals surface area contributed by atoms with E-state index in [0.717, 1.165) is 19.5 Å². The zero-order valence-electron chi connectivity index (χ0n) is 13.2. The van der Waals surface area contributed by atoms with Crippen molar-refractivity contribution in [2.75, 3.05) is 19.7 Å². The fourth-order valence-electron chi connectivity index (χ4n) is 3.41. The van der Waals surface area contributed by atoms with Gasteiger partial charge in [-0.2, -0.15) is 0 Å². The van der Waals surface area contributed by atoms with Crippen molar-refractivity contribution in [2.24, 2.45) is 0 Å². The first-order chi connectivity index (χ1) is 10.4. The second-order valence-corrected chi connectivity index (χ2v) is 6.90. The van der Waals surface area contributed by atoms with Crippen LogP contribution < -0.4 is 5.32 Å². The van der Waals surface area contributed by atoms with Crippen LogP contribution in [0.1, 0.15) is 25.0 Å². The van der Waals surface area contributed by atoms with Gasteiger partial charge in [-0.3, -0.25) is 9.69 Å². The first-order valence-electron chi connectivity index (χ1n) is 7.85. The Kier molecular flexibility index (Phi) is 4.21. The van der Waals surface area contributed by atoms with Gasteiger partial charge in [0.25, 0.3) is 0 Å². The van der Waals surface area contributed by atoms with Gasteiger partial charge in [-0.1, -0.05) is 24.3 Å². The van der Waals surface area contributed by atoms with E-state index in [2.05, 4.69) is 34.5 Å². The van der Waals surface area contributed by atoms with Crippen LogP contribution in [0.3, 0.4) is 0 Å². The van der Waals surface area contributed by atoms with Gasteiger partial charge in [-0.25, -0.2) is 0 Å². The maximum Gasteiger partial charge on any atom is 0.323 e. The fourth-order valence-corrected chi connectivity index (χ4v) is 3.41. The molecule has 2 atom stereocenters. The fraction of sp³-hybridized carbons (Fsp3) is 0.588. The molecule has 0 spiro atoms. The van der Waals surface area contributed by atoms with Crippen LogP contribution in [-0.2, 0) is 22.5 Å². The first-order valence-corrected chi connectivity index (χ1v) is 7.85. The van der Waals surface area contributed by atoms with Crippen molar-refractivity contribution in [3.05, 3.63) is 35.4 Å². The normalized spacial score (nSPS) is 28.1. The molecule has 5 heteroatoms. The lowest BCUT2D eigenvalue weighted by molar-refractivity contribution is -0.162. The van der Waals surface area contributed by atoms with Gasteiger partial charge in [0.1, 0.15) is 6.04 Å². The SMILES string of the molecule is CC1(C)CN(CC2Cc3ccccc3CN2)C(C(=O)O)CO1. The summed E-state index contributed by atoms with van der Waals surface area (Å²) in [7, 11) is 0. The molecule has 0 bridgehead atoms. The number of rotatable bonds is 3. The van der Waals surface area contributed by atoms with Crippen molar-refractivity contribution in [3.63, 3.8) is 0 Å². The van der Waals surface area contributed by atoms with Gasteiger partial charge < -0.3 is 15.2 Å². The van der Waals surface area contributed by atoms with Gasteiger partial charge in [-0.15, -0.1) is 0 Å². The number of hydrogen-bond donors (Lipinski definition) is 2. The Balaban J connectivity index is 1.69. The number of carboxylic acid groups (broad SMARTS) is 1. The molecule has 0 aromatic heterocycles. The molecule has 0 aliphatic carbocycles. The first kappa shape index (κ1) is 15.5. The lowest BCUT2D eigenvalue weighted by Crippen LogP contribution is -2.60. The third-order valence-corrected chi connectivity index (χ3v) is 4.56. The van der Waals surface area contributed by atoms with Crippen LogP contribution in [-0.4, -0.2) is 53.4 Å². The van der Waals surface area contributed by atoms with Crippen molar-refractivity contribution in [1.82, 2.24) is 10.2 Å². The molecule has 1 fully saturated rings. The van der Waals surface area contributed by atoms with Crippen molar-refractivity contribution in [3.8, 4) is 0 Å². The Morgan fingerprint density at radius 3 is 2.86 bits per heavy atom. The lowest BCUT2D eigenvalue weighted by atomic mass is 9.94. The Morgan fingerprint density at radius 2 is 2.14 bits per heavy atom. The highest BCUT2D eigenvalue weighted by molar-refractivity contribution is 5.73. The minimum absolute atomic E-state index is 0.256. The monoisotopic (exact) mass is 304 g/mol. The summed E-state index contributed by atoms with van der Waals surface area (Å²) in [6, 6.07) is 8.18. The van der Waals surface area contributed by atoms with Gasteiger partial charge in [0.15, 0.2) is 0 Å². The van der Waals surface area contributed by atoms with Gasteiger partial charge in [0.05, 0.1) is 12.2 Å². The van der Waals surface area contributed by atoms with Crippen molar-refractivity contribution in [2.45, 2.75) is 44.5 Å². The number of ether oxygens (including phenoxy) is 1. The van der Waals surface area contributed by atoms with Gasteiger partial charge in [-0.05, 0) is 31.4 Å². The minimum atomic E-state index is -0.799. The zero-order chi connectivity index (χ0) is 15.7. The Labute approximate surface area is 131 Å². The second-order valence-electron chi connectivity index (χ2n) is 6.90. The molecule has 120 valence electrons. The van der Waals surface area contributed by atoms with Crippen molar-refractivity contribution >= 4 is 5.97 Å². The summed E-state index contributed by atoms with van der Waals surface area (Å²) < 4.78 is 5.67. The topological polar surface area (TPSA) is 61.8 Å².